The SMILES string of the molecule is COC(=O)c1ccccc1Nc1ccc(NC(=O)Cc2cccc(C)c2)nn1. The molecule has 0 bridgehead atoms. The molecule has 0 atom stereocenters. The number of nitrogens with one attached hydrogen (secondary N) is 2. The fourth-order valence-electron chi connectivity index (χ4n) is 2.68. The summed E-state index contributed by atoms with van der Waals surface area (Å²) in [6.45, 7) is 1.98. The van der Waals surface area contributed by atoms with Gasteiger partial charge in [-0.15, -0.1) is 10.2 Å². The molecule has 28 heavy (non-hydrogen) atoms. The average molecular weight is 376 g/mol. The van der Waals surface area contributed by atoms with Crippen LogP contribution in [0, 0.1) is 6.92 Å². The van der Waals surface area contributed by atoms with E-state index in [9.17, 15) is 9.59 Å². The standard InChI is InChI=1S/C21H20N4O3/c1-14-6-5-7-15(12-14)13-20(26)23-19-11-10-18(24-25-19)22-17-9-4-3-8-16(17)21(27)28-2/h3-12H,13H2,1-2H3,(H,22,24)(H,23,25,26). The van der Waals surface area contributed by atoms with Gasteiger partial charge in [0, 0.05) is 0 Å². The van der Waals surface area contributed by atoms with Crippen LogP contribution in [0.2, 0.25) is 0 Å². The van der Waals surface area contributed by atoms with Crippen LogP contribution in [0.15, 0.2) is 60.7 Å². The molecule has 0 spiro atoms. The predicted octanol–water partition coefficient (Wildman–Crippen LogP) is 3.50. The fourth-order valence-corrected chi connectivity index (χ4v) is 2.68. The number of carbonyl (C=O) groups excluding carboxylic acids is 2. The Morgan fingerprint density at radius 3 is 2.43 bits per heavy atom. The lowest BCUT2D eigenvalue weighted by atomic mass is 10.1. The first-order valence-corrected chi connectivity index (χ1v) is 8.68. The third-order valence-corrected chi connectivity index (χ3v) is 3.97. The van der Waals surface area contributed by atoms with Crippen molar-refractivity contribution in [3.05, 3.63) is 77.4 Å². The molecule has 0 radical (unpaired) electrons. The molecule has 2 N–H and O–H groups in total. The highest BCUT2D eigenvalue weighted by atomic mass is 16.5. The number of hydrogen-bond acceptors (Lipinski definition) is 6. The van der Waals surface area contributed by atoms with E-state index in [0.29, 0.717) is 22.9 Å². The quantitative estimate of drug-likeness (QED) is 0.640. The molecule has 7 heteroatoms. The van der Waals surface area contributed by atoms with Gasteiger partial charge in [0.15, 0.2) is 11.6 Å². The maximum absolute atomic E-state index is 12.2. The van der Waals surface area contributed by atoms with E-state index in [1.165, 1.54) is 7.11 Å². The van der Waals surface area contributed by atoms with Crippen LogP contribution in [0.25, 0.3) is 0 Å². The number of para-hydroxylation sites is 1. The van der Waals surface area contributed by atoms with Crippen LogP contribution in [0.3, 0.4) is 0 Å². The molecule has 1 aromatic heterocycles. The third-order valence-electron chi connectivity index (χ3n) is 3.97. The first kappa shape index (κ1) is 19.0. The largest absolute Gasteiger partial charge is 0.465 e. The van der Waals surface area contributed by atoms with Gasteiger partial charge in [-0.05, 0) is 36.8 Å². The van der Waals surface area contributed by atoms with E-state index in [1.807, 2.05) is 31.2 Å². The molecule has 0 saturated carbocycles. The molecule has 0 unspecified atom stereocenters. The summed E-state index contributed by atoms with van der Waals surface area (Å²) in [5.41, 5.74) is 2.98. The van der Waals surface area contributed by atoms with Gasteiger partial charge in [-0.3, -0.25) is 4.79 Å². The third kappa shape index (κ3) is 4.91. The van der Waals surface area contributed by atoms with Crippen LogP contribution >= 0.6 is 0 Å². The minimum atomic E-state index is -0.448. The van der Waals surface area contributed by atoms with Gasteiger partial charge in [-0.2, -0.15) is 0 Å². The van der Waals surface area contributed by atoms with E-state index in [-0.39, 0.29) is 12.3 Å². The second-order valence-electron chi connectivity index (χ2n) is 6.18. The number of esters is 1. The number of ether oxygens (including phenoxy) is 1. The van der Waals surface area contributed by atoms with Crippen LogP contribution in [-0.2, 0) is 16.0 Å². The second kappa shape index (κ2) is 8.77. The first-order chi connectivity index (χ1) is 13.5. The number of amides is 1. The van der Waals surface area contributed by atoms with Crippen molar-refractivity contribution in [2.45, 2.75) is 13.3 Å². The van der Waals surface area contributed by atoms with Crippen LogP contribution in [0.4, 0.5) is 17.3 Å². The number of benzene rings is 2. The zero-order chi connectivity index (χ0) is 19.9. The summed E-state index contributed by atoms with van der Waals surface area (Å²) in [6, 6.07) is 18.0. The van der Waals surface area contributed by atoms with Gasteiger partial charge in [0.1, 0.15) is 0 Å². The Morgan fingerprint density at radius 2 is 1.71 bits per heavy atom. The number of nitrogens with zero attached hydrogens (tertiary/aromatic N) is 2. The van der Waals surface area contributed by atoms with Crippen molar-refractivity contribution in [2.24, 2.45) is 0 Å². The first-order valence-electron chi connectivity index (χ1n) is 8.68. The monoisotopic (exact) mass is 376 g/mol. The molecule has 0 saturated heterocycles. The summed E-state index contributed by atoms with van der Waals surface area (Å²) < 4.78 is 4.77. The minimum Gasteiger partial charge on any atom is -0.465 e. The van der Waals surface area contributed by atoms with Crippen molar-refractivity contribution >= 4 is 29.2 Å². The molecule has 2 aromatic carbocycles. The van der Waals surface area contributed by atoms with Gasteiger partial charge in [0.2, 0.25) is 5.91 Å². The van der Waals surface area contributed by atoms with Gasteiger partial charge in [0.05, 0.1) is 24.8 Å². The second-order valence-corrected chi connectivity index (χ2v) is 6.18. The van der Waals surface area contributed by atoms with Crippen LogP contribution in [0.1, 0.15) is 21.5 Å². The van der Waals surface area contributed by atoms with Crippen LogP contribution in [-0.4, -0.2) is 29.2 Å². The van der Waals surface area contributed by atoms with Crippen molar-refractivity contribution in [1.29, 1.82) is 0 Å². The molecule has 3 aromatic rings. The summed E-state index contributed by atoms with van der Waals surface area (Å²) in [5.74, 6) is 0.172. The smallest absolute Gasteiger partial charge is 0.339 e. The highest BCUT2D eigenvalue weighted by molar-refractivity contribution is 5.96. The topological polar surface area (TPSA) is 93.2 Å². The maximum atomic E-state index is 12.2. The summed E-state index contributed by atoms with van der Waals surface area (Å²) in [6.07, 6.45) is 0.260. The molecule has 7 nitrogen and oxygen atoms in total. The van der Waals surface area contributed by atoms with Crippen LogP contribution < -0.4 is 10.6 Å². The molecule has 142 valence electrons. The maximum Gasteiger partial charge on any atom is 0.339 e. The van der Waals surface area contributed by atoms with E-state index in [0.717, 1.165) is 11.1 Å². The molecule has 3 rings (SSSR count). The van der Waals surface area contributed by atoms with Gasteiger partial charge < -0.3 is 15.4 Å². The van der Waals surface area contributed by atoms with Gasteiger partial charge in [0.25, 0.3) is 0 Å². The van der Waals surface area contributed by atoms with E-state index in [4.69, 9.17) is 4.74 Å². The summed E-state index contributed by atoms with van der Waals surface area (Å²) in [5, 5.41) is 13.8. The lowest BCUT2D eigenvalue weighted by Crippen LogP contribution is -2.16. The summed E-state index contributed by atoms with van der Waals surface area (Å²) in [4.78, 5) is 24.0. The minimum absolute atomic E-state index is 0.170. The van der Waals surface area contributed by atoms with Gasteiger partial charge in [-0.25, -0.2) is 4.79 Å². The van der Waals surface area contributed by atoms with E-state index >= 15 is 0 Å². The number of rotatable bonds is 6. The number of hydrogen-bond donors (Lipinski definition) is 2. The van der Waals surface area contributed by atoms with E-state index < -0.39 is 5.97 Å². The molecule has 0 aliphatic carbocycles. The number of aryl methyl sites for hydroxylation is 1. The molecular weight excluding hydrogens is 356 g/mol. The highest BCUT2D eigenvalue weighted by Crippen LogP contribution is 2.20. The number of methoxy groups -OCH3 is 1. The average Bonchev–Trinajstić information content (AvgIpc) is 2.69. The van der Waals surface area contributed by atoms with Crippen molar-refractivity contribution in [3.63, 3.8) is 0 Å². The fraction of sp³-hybridized carbons (Fsp3) is 0.143. The van der Waals surface area contributed by atoms with Crippen molar-refractivity contribution in [2.75, 3.05) is 17.7 Å². The van der Waals surface area contributed by atoms with E-state index in [1.54, 1.807) is 36.4 Å². The molecule has 0 aliphatic heterocycles. The zero-order valence-electron chi connectivity index (χ0n) is 15.6. The number of aromatic nitrogens is 2. The Morgan fingerprint density at radius 1 is 0.964 bits per heavy atom. The summed E-state index contributed by atoms with van der Waals surface area (Å²) >= 11 is 0. The molecule has 1 heterocycles. The normalized spacial score (nSPS) is 10.2. The zero-order valence-corrected chi connectivity index (χ0v) is 15.6. The lowest BCUT2D eigenvalue weighted by Gasteiger charge is -2.10. The molecule has 0 aliphatic rings. The van der Waals surface area contributed by atoms with Crippen molar-refractivity contribution in [1.82, 2.24) is 10.2 Å². The Bertz CT molecular complexity index is 987. The van der Waals surface area contributed by atoms with Crippen LogP contribution in [0.5, 0.6) is 0 Å². The number of anilines is 3. The Labute approximate surface area is 162 Å². The van der Waals surface area contributed by atoms with Crippen molar-refractivity contribution < 1.29 is 14.3 Å². The predicted molar refractivity (Wildman–Crippen MR) is 107 cm³/mol. The molecule has 1 amide bonds. The Kier molecular flexibility index (Phi) is 5.96. The van der Waals surface area contributed by atoms with E-state index in [2.05, 4.69) is 20.8 Å². The highest BCUT2D eigenvalue weighted by Gasteiger charge is 2.12. The molecular formula is C21H20N4O3. The molecule has 0 fully saturated rings. The van der Waals surface area contributed by atoms with Gasteiger partial charge in [-0.1, -0.05) is 42.0 Å². The lowest BCUT2D eigenvalue weighted by molar-refractivity contribution is -0.115. The Balaban J connectivity index is 1.64. The van der Waals surface area contributed by atoms with Gasteiger partial charge >= 0.3 is 5.97 Å². The van der Waals surface area contributed by atoms with Crippen molar-refractivity contribution in [3.8, 4) is 0 Å². The summed E-state index contributed by atoms with van der Waals surface area (Å²) in [7, 11) is 1.33. The number of carbonyl (C=O) groups is 2. The Hall–Kier alpha value is -3.74.